The number of ether oxygens (including phenoxy) is 2. The van der Waals surface area contributed by atoms with Gasteiger partial charge in [-0.05, 0) is 55.3 Å². The van der Waals surface area contributed by atoms with Gasteiger partial charge in [0.15, 0.2) is 0 Å². The van der Waals surface area contributed by atoms with E-state index in [-0.39, 0.29) is 18.5 Å². The molecule has 1 N–H and O–H groups in total. The number of anilines is 1. The van der Waals surface area contributed by atoms with Gasteiger partial charge < -0.3 is 14.8 Å². The fourth-order valence-electron chi connectivity index (χ4n) is 2.90. The van der Waals surface area contributed by atoms with Gasteiger partial charge in [-0.3, -0.25) is 9.10 Å². The molecule has 0 aliphatic rings. The molecule has 2 aromatic rings. The van der Waals surface area contributed by atoms with Crippen LogP contribution in [0.2, 0.25) is 0 Å². The van der Waals surface area contributed by atoms with E-state index >= 15 is 0 Å². The summed E-state index contributed by atoms with van der Waals surface area (Å²) in [5.41, 5.74) is 1.33. The summed E-state index contributed by atoms with van der Waals surface area (Å²) in [6.45, 7) is 4.03. The van der Waals surface area contributed by atoms with Crippen LogP contribution in [-0.4, -0.2) is 40.8 Å². The summed E-state index contributed by atoms with van der Waals surface area (Å²) in [5.74, 6) is 0.986. The fraction of sp³-hybridized carbons (Fsp3) is 0.381. The number of rotatable bonds is 10. The van der Waals surface area contributed by atoms with Crippen molar-refractivity contribution in [2.75, 3.05) is 30.8 Å². The highest BCUT2D eigenvalue weighted by Gasteiger charge is 2.22. The predicted octanol–water partition coefficient (Wildman–Crippen LogP) is 3.13. The van der Waals surface area contributed by atoms with Crippen LogP contribution in [0.1, 0.15) is 31.9 Å². The number of amides is 1. The van der Waals surface area contributed by atoms with E-state index in [1.54, 1.807) is 31.4 Å². The molecule has 2 aromatic carbocycles. The van der Waals surface area contributed by atoms with Crippen LogP contribution in [-0.2, 0) is 14.8 Å². The Hall–Kier alpha value is -2.74. The zero-order valence-corrected chi connectivity index (χ0v) is 18.0. The van der Waals surface area contributed by atoms with Gasteiger partial charge in [0.1, 0.15) is 18.0 Å². The molecule has 0 fully saturated rings. The quantitative estimate of drug-likeness (QED) is 0.638. The Morgan fingerprint density at radius 3 is 2.10 bits per heavy atom. The van der Waals surface area contributed by atoms with Gasteiger partial charge in [0.2, 0.25) is 15.9 Å². The first-order valence-electron chi connectivity index (χ1n) is 9.42. The van der Waals surface area contributed by atoms with Gasteiger partial charge in [0.25, 0.3) is 0 Å². The van der Waals surface area contributed by atoms with E-state index in [1.165, 1.54) is 0 Å². The summed E-state index contributed by atoms with van der Waals surface area (Å²) >= 11 is 0. The maximum atomic E-state index is 12.6. The van der Waals surface area contributed by atoms with E-state index in [4.69, 9.17) is 9.47 Å². The smallest absolute Gasteiger partial charge is 0.241 e. The highest BCUT2D eigenvalue weighted by atomic mass is 32.2. The second-order valence-electron chi connectivity index (χ2n) is 6.50. The molecule has 0 saturated heterocycles. The molecule has 0 bridgehead atoms. The van der Waals surface area contributed by atoms with Crippen molar-refractivity contribution in [1.82, 2.24) is 5.32 Å². The molecule has 0 aliphatic heterocycles. The van der Waals surface area contributed by atoms with Crippen molar-refractivity contribution in [1.29, 1.82) is 0 Å². The Morgan fingerprint density at radius 2 is 1.62 bits per heavy atom. The minimum Gasteiger partial charge on any atom is -0.497 e. The van der Waals surface area contributed by atoms with E-state index in [0.29, 0.717) is 24.5 Å². The molecule has 2 rings (SSSR count). The number of hydrogen-bond donors (Lipinski definition) is 1. The number of carbonyl (C=O) groups is 1. The van der Waals surface area contributed by atoms with Gasteiger partial charge in [-0.25, -0.2) is 8.42 Å². The van der Waals surface area contributed by atoms with Gasteiger partial charge in [0, 0.05) is 0 Å². The molecule has 7 nitrogen and oxygen atoms in total. The number of hydrogen-bond acceptors (Lipinski definition) is 5. The van der Waals surface area contributed by atoms with Crippen LogP contribution < -0.4 is 19.1 Å². The number of nitrogens with one attached hydrogen (secondary N) is 1. The second kappa shape index (κ2) is 10.2. The van der Waals surface area contributed by atoms with Crippen LogP contribution in [0.25, 0.3) is 0 Å². The number of nitrogens with zero attached hydrogens (tertiary/aromatic N) is 1. The molecule has 1 atom stereocenters. The van der Waals surface area contributed by atoms with Crippen molar-refractivity contribution >= 4 is 21.6 Å². The van der Waals surface area contributed by atoms with Crippen LogP contribution >= 0.6 is 0 Å². The third kappa shape index (κ3) is 6.39. The Morgan fingerprint density at radius 1 is 1.03 bits per heavy atom. The minimum atomic E-state index is -3.64. The van der Waals surface area contributed by atoms with Gasteiger partial charge in [0.05, 0.1) is 31.7 Å². The van der Waals surface area contributed by atoms with E-state index < -0.39 is 10.0 Å². The highest BCUT2D eigenvalue weighted by molar-refractivity contribution is 7.92. The summed E-state index contributed by atoms with van der Waals surface area (Å²) in [7, 11) is -2.05. The standard InChI is InChI=1S/C21H28N2O5S/c1-5-20(16-7-11-18(27-3)12-8-16)22-21(24)15-23(29(4,25)26)17-9-13-19(14-10-17)28-6-2/h7-14,20H,5-6,15H2,1-4H3,(H,22,24)/t20-/m1/s1. The fourth-order valence-corrected chi connectivity index (χ4v) is 3.76. The predicted molar refractivity (Wildman–Crippen MR) is 114 cm³/mol. The molecule has 0 unspecified atom stereocenters. The molecule has 0 spiro atoms. The van der Waals surface area contributed by atoms with Gasteiger partial charge in [-0.1, -0.05) is 19.1 Å². The average molecular weight is 421 g/mol. The van der Waals surface area contributed by atoms with Crippen LogP contribution in [0.3, 0.4) is 0 Å². The minimum absolute atomic E-state index is 0.227. The van der Waals surface area contributed by atoms with Crippen LogP contribution in [0.15, 0.2) is 48.5 Å². The monoisotopic (exact) mass is 420 g/mol. The van der Waals surface area contributed by atoms with Crippen LogP contribution in [0.5, 0.6) is 11.5 Å². The first-order chi connectivity index (χ1) is 13.8. The van der Waals surface area contributed by atoms with Crippen molar-refractivity contribution in [3.63, 3.8) is 0 Å². The number of benzene rings is 2. The summed E-state index contributed by atoms with van der Waals surface area (Å²) < 4.78 is 36.2. The Balaban J connectivity index is 2.14. The zero-order valence-electron chi connectivity index (χ0n) is 17.2. The SMILES string of the molecule is CCOc1ccc(N(CC(=O)N[C@H](CC)c2ccc(OC)cc2)S(C)(=O)=O)cc1. The Kier molecular flexibility index (Phi) is 7.90. The first kappa shape index (κ1) is 22.5. The molecule has 158 valence electrons. The number of sulfonamides is 1. The van der Waals surface area contributed by atoms with E-state index in [1.807, 2.05) is 38.1 Å². The van der Waals surface area contributed by atoms with Crippen molar-refractivity contribution in [3.05, 3.63) is 54.1 Å². The van der Waals surface area contributed by atoms with Crippen molar-refractivity contribution in [3.8, 4) is 11.5 Å². The topological polar surface area (TPSA) is 84.9 Å². The third-order valence-corrected chi connectivity index (χ3v) is 5.53. The van der Waals surface area contributed by atoms with Gasteiger partial charge in [-0.15, -0.1) is 0 Å². The normalized spacial score (nSPS) is 12.1. The molecule has 0 heterocycles. The lowest BCUT2D eigenvalue weighted by atomic mass is 10.0. The van der Waals surface area contributed by atoms with Crippen LogP contribution in [0.4, 0.5) is 5.69 Å². The molecule has 0 aromatic heterocycles. The number of methoxy groups -OCH3 is 1. The average Bonchev–Trinajstić information content (AvgIpc) is 2.70. The molecule has 0 saturated carbocycles. The van der Waals surface area contributed by atoms with E-state index in [0.717, 1.165) is 21.9 Å². The second-order valence-corrected chi connectivity index (χ2v) is 8.40. The van der Waals surface area contributed by atoms with Crippen molar-refractivity contribution < 1.29 is 22.7 Å². The lowest BCUT2D eigenvalue weighted by Gasteiger charge is -2.24. The largest absolute Gasteiger partial charge is 0.497 e. The van der Waals surface area contributed by atoms with E-state index in [9.17, 15) is 13.2 Å². The third-order valence-electron chi connectivity index (χ3n) is 4.38. The van der Waals surface area contributed by atoms with Gasteiger partial charge >= 0.3 is 0 Å². The molecule has 0 aliphatic carbocycles. The van der Waals surface area contributed by atoms with Crippen molar-refractivity contribution in [2.45, 2.75) is 26.3 Å². The Labute approximate surface area is 172 Å². The zero-order chi connectivity index (χ0) is 21.4. The summed E-state index contributed by atoms with van der Waals surface area (Å²) in [4.78, 5) is 12.6. The maximum absolute atomic E-state index is 12.6. The molecule has 1 amide bonds. The lowest BCUT2D eigenvalue weighted by Crippen LogP contribution is -2.41. The summed E-state index contributed by atoms with van der Waals surface area (Å²) in [5, 5.41) is 2.91. The lowest BCUT2D eigenvalue weighted by molar-refractivity contribution is -0.120. The molecular weight excluding hydrogens is 392 g/mol. The maximum Gasteiger partial charge on any atom is 0.241 e. The molecule has 29 heavy (non-hydrogen) atoms. The van der Waals surface area contributed by atoms with Crippen molar-refractivity contribution in [2.24, 2.45) is 0 Å². The highest BCUT2D eigenvalue weighted by Crippen LogP contribution is 2.23. The van der Waals surface area contributed by atoms with E-state index in [2.05, 4.69) is 5.32 Å². The number of carbonyl (C=O) groups excluding carboxylic acids is 1. The van der Waals surface area contributed by atoms with Gasteiger partial charge in [-0.2, -0.15) is 0 Å². The first-order valence-corrected chi connectivity index (χ1v) is 11.3. The summed E-state index contributed by atoms with van der Waals surface area (Å²) in [6, 6.07) is 13.8. The Bertz CT molecular complexity index is 896. The molecule has 8 heteroatoms. The van der Waals surface area contributed by atoms with Crippen LogP contribution in [0, 0.1) is 0 Å². The molecule has 0 radical (unpaired) electrons. The summed E-state index contributed by atoms with van der Waals surface area (Å²) in [6.07, 6.45) is 1.75. The molecular formula is C21H28N2O5S.